The van der Waals surface area contributed by atoms with Gasteiger partial charge >= 0.3 is 0 Å². The number of aromatic nitrogens is 1. The molecule has 0 spiro atoms. The van der Waals surface area contributed by atoms with Crippen LogP contribution in [0.15, 0.2) is 52.2 Å². The first kappa shape index (κ1) is 19.2. The van der Waals surface area contributed by atoms with Crippen LogP contribution in [0.1, 0.15) is 11.3 Å². The quantitative estimate of drug-likeness (QED) is 0.486. The number of anilines is 1. The Bertz CT molecular complexity index is 916. The van der Waals surface area contributed by atoms with E-state index in [0.717, 1.165) is 9.90 Å². The van der Waals surface area contributed by atoms with Gasteiger partial charge in [0.2, 0.25) is 5.91 Å². The number of thiazole rings is 1. The van der Waals surface area contributed by atoms with Crippen LogP contribution in [0.5, 0.6) is 0 Å². The van der Waals surface area contributed by atoms with Crippen molar-refractivity contribution in [3.63, 3.8) is 0 Å². The summed E-state index contributed by atoms with van der Waals surface area (Å²) < 4.78 is 13.8. The average molecular weight is 427 g/mol. The van der Waals surface area contributed by atoms with Crippen molar-refractivity contribution in [1.29, 1.82) is 0 Å². The van der Waals surface area contributed by atoms with Gasteiger partial charge in [-0.3, -0.25) is 4.79 Å². The van der Waals surface area contributed by atoms with E-state index >= 15 is 0 Å². The maximum Gasteiger partial charge on any atom is 0.230 e. The maximum absolute atomic E-state index is 12.9. The zero-order valence-corrected chi connectivity index (χ0v) is 16.5. The van der Waals surface area contributed by atoms with Crippen LogP contribution in [0.4, 0.5) is 10.1 Å². The van der Waals surface area contributed by atoms with Gasteiger partial charge in [0.25, 0.3) is 0 Å². The second kappa shape index (κ2) is 8.86. The number of amides is 1. The monoisotopic (exact) mass is 426 g/mol. The summed E-state index contributed by atoms with van der Waals surface area (Å²) in [4.78, 5) is 16.6. The Labute approximate surface area is 168 Å². The molecular formula is C18H13Cl2FN2OS2. The summed E-state index contributed by atoms with van der Waals surface area (Å²) in [6.07, 6.45) is 0.174. The third-order valence-corrected chi connectivity index (χ3v) is 6.23. The third-order valence-electron chi connectivity index (χ3n) is 3.35. The number of rotatable bonds is 6. The third kappa shape index (κ3) is 5.45. The van der Waals surface area contributed by atoms with Crippen molar-refractivity contribution in [3.8, 4) is 0 Å². The molecule has 0 aliphatic rings. The van der Waals surface area contributed by atoms with Gasteiger partial charge < -0.3 is 5.32 Å². The van der Waals surface area contributed by atoms with Crippen LogP contribution in [0.25, 0.3) is 0 Å². The second-order valence-electron chi connectivity index (χ2n) is 5.37. The lowest BCUT2D eigenvalue weighted by Gasteiger charge is -2.05. The predicted octanol–water partition coefficient (Wildman–Crippen LogP) is 6.06. The molecular weight excluding hydrogens is 414 g/mol. The van der Waals surface area contributed by atoms with E-state index in [1.54, 1.807) is 42.1 Å². The maximum atomic E-state index is 12.9. The Balaban J connectivity index is 1.53. The first-order valence-electron chi connectivity index (χ1n) is 7.56. The molecule has 1 amide bonds. The fraction of sp³-hybridized carbons (Fsp3) is 0.111. The molecule has 2 aromatic carbocycles. The topological polar surface area (TPSA) is 42.0 Å². The van der Waals surface area contributed by atoms with Crippen molar-refractivity contribution in [2.24, 2.45) is 0 Å². The van der Waals surface area contributed by atoms with Gasteiger partial charge in [-0.15, -0.1) is 11.3 Å². The fourth-order valence-corrected chi connectivity index (χ4v) is 4.20. The molecule has 1 aromatic heterocycles. The standard InChI is InChI=1S/C18H13Cl2FN2OS2/c19-15-6-5-13(7-16(15)20)22-17(24)8-14-10-26-18(23-14)25-9-11-1-3-12(21)4-2-11/h1-7,10H,8-9H2,(H,22,24). The minimum Gasteiger partial charge on any atom is -0.326 e. The zero-order chi connectivity index (χ0) is 18.5. The molecule has 0 unspecified atom stereocenters. The number of carbonyl (C=O) groups is 1. The lowest BCUT2D eigenvalue weighted by Crippen LogP contribution is -2.14. The van der Waals surface area contributed by atoms with Crippen molar-refractivity contribution in [1.82, 2.24) is 4.98 Å². The summed E-state index contributed by atoms with van der Waals surface area (Å²) in [7, 11) is 0. The van der Waals surface area contributed by atoms with Crippen molar-refractivity contribution in [2.45, 2.75) is 16.5 Å². The van der Waals surface area contributed by atoms with Crippen LogP contribution in [-0.4, -0.2) is 10.9 Å². The first-order chi connectivity index (χ1) is 12.5. The lowest BCUT2D eigenvalue weighted by atomic mass is 10.2. The van der Waals surface area contributed by atoms with Crippen LogP contribution in [0.2, 0.25) is 10.0 Å². The fourth-order valence-electron chi connectivity index (χ4n) is 2.11. The summed E-state index contributed by atoms with van der Waals surface area (Å²) in [5.41, 5.74) is 2.31. The van der Waals surface area contributed by atoms with E-state index in [4.69, 9.17) is 23.2 Å². The van der Waals surface area contributed by atoms with E-state index in [0.29, 0.717) is 27.2 Å². The van der Waals surface area contributed by atoms with Gasteiger partial charge in [0.05, 0.1) is 22.2 Å². The van der Waals surface area contributed by atoms with E-state index in [-0.39, 0.29) is 18.1 Å². The second-order valence-corrected chi connectivity index (χ2v) is 8.27. The number of halogens is 3. The molecule has 0 radical (unpaired) electrons. The highest BCUT2D eigenvalue weighted by molar-refractivity contribution is 8.00. The Morgan fingerprint density at radius 2 is 1.92 bits per heavy atom. The van der Waals surface area contributed by atoms with Gasteiger partial charge in [-0.1, -0.05) is 47.1 Å². The molecule has 1 N–H and O–H groups in total. The molecule has 3 aromatic rings. The molecule has 3 rings (SSSR count). The molecule has 3 nitrogen and oxygen atoms in total. The van der Waals surface area contributed by atoms with Crippen LogP contribution < -0.4 is 5.32 Å². The van der Waals surface area contributed by atoms with Crippen molar-refractivity contribution < 1.29 is 9.18 Å². The van der Waals surface area contributed by atoms with Gasteiger partial charge in [-0.2, -0.15) is 0 Å². The highest BCUT2D eigenvalue weighted by Gasteiger charge is 2.10. The molecule has 0 aliphatic carbocycles. The SMILES string of the molecule is O=C(Cc1csc(SCc2ccc(F)cc2)n1)Nc1ccc(Cl)c(Cl)c1. The molecule has 0 bridgehead atoms. The molecule has 8 heteroatoms. The molecule has 134 valence electrons. The van der Waals surface area contributed by atoms with E-state index in [1.807, 2.05) is 5.38 Å². The molecule has 1 heterocycles. The number of benzene rings is 2. The number of carbonyl (C=O) groups excluding carboxylic acids is 1. The van der Waals surface area contributed by atoms with E-state index in [9.17, 15) is 9.18 Å². The van der Waals surface area contributed by atoms with Gasteiger partial charge in [0.15, 0.2) is 0 Å². The highest BCUT2D eigenvalue weighted by Crippen LogP contribution is 2.27. The smallest absolute Gasteiger partial charge is 0.230 e. The molecule has 0 saturated heterocycles. The van der Waals surface area contributed by atoms with E-state index in [1.165, 1.54) is 23.5 Å². The van der Waals surface area contributed by atoms with Crippen LogP contribution >= 0.6 is 46.3 Å². The normalized spacial score (nSPS) is 10.7. The first-order valence-corrected chi connectivity index (χ1v) is 10.2. The average Bonchev–Trinajstić information content (AvgIpc) is 3.05. The van der Waals surface area contributed by atoms with Crippen LogP contribution in [0, 0.1) is 5.82 Å². The van der Waals surface area contributed by atoms with Crippen molar-refractivity contribution >= 4 is 57.9 Å². The molecule has 26 heavy (non-hydrogen) atoms. The minimum atomic E-state index is -0.247. The molecule has 0 aliphatic heterocycles. The molecule has 0 saturated carbocycles. The largest absolute Gasteiger partial charge is 0.326 e. The highest BCUT2D eigenvalue weighted by atomic mass is 35.5. The number of thioether (sulfide) groups is 1. The Morgan fingerprint density at radius 1 is 1.15 bits per heavy atom. The summed E-state index contributed by atoms with van der Waals surface area (Å²) in [5.74, 6) is 0.273. The van der Waals surface area contributed by atoms with Crippen LogP contribution in [-0.2, 0) is 17.0 Å². The lowest BCUT2D eigenvalue weighted by molar-refractivity contribution is -0.115. The molecule has 0 atom stereocenters. The van der Waals surface area contributed by atoms with Crippen molar-refractivity contribution in [3.05, 3.63) is 75.0 Å². The summed E-state index contributed by atoms with van der Waals surface area (Å²) >= 11 is 14.8. The summed E-state index contributed by atoms with van der Waals surface area (Å²) in [6.45, 7) is 0. The van der Waals surface area contributed by atoms with Gasteiger partial charge in [0, 0.05) is 16.8 Å². The van der Waals surface area contributed by atoms with Gasteiger partial charge in [-0.05, 0) is 35.9 Å². The summed E-state index contributed by atoms with van der Waals surface area (Å²) in [5, 5.41) is 5.46. The van der Waals surface area contributed by atoms with E-state index in [2.05, 4.69) is 10.3 Å². The Kier molecular flexibility index (Phi) is 6.53. The van der Waals surface area contributed by atoms with Gasteiger partial charge in [0.1, 0.15) is 10.2 Å². The number of hydrogen-bond donors (Lipinski definition) is 1. The Morgan fingerprint density at radius 3 is 2.65 bits per heavy atom. The minimum absolute atomic E-state index is 0.174. The van der Waals surface area contributed by atoms with Crippen molar-refractivity contribution in [2.75, 3.05) is 5.32 Å². The molecule has 0 fully saturated rings. The number of hydrogen-bond acceptors (Lipinski definition) is 4. The Hall–Kier alpha value is -1.60. The van der Waals surface area contributed by atoms with Gasteiger partial charge in [-0.25, -0.2) is 9.37 Å². The zero-order valence-electron chi connectivity index (χ0n) is 13.3. The predicted molar refractivity (Wildman–Crippen MR) is 107 cm³/mol. The number of nitrogens with zero attached hydrogens (tertiary/aromatic N) is 1. The van der Waals surface area contributed by atoms with Crippen LogP contribution in [0.3, 0.4) is 0 Å². The van der Waals surface area contributed by atoms with E-state index < -0.39 is 0 Å². The number of nitrogens with one attached hydrogen (secondary N) is 1. The summed E-state index contributed by atoms with van der Waals surface area (Å²) in [6, 6.07) is 11.3.